The van der Waals surface area contributed by atoms with Gasteiger partial charge in [-0.3, -0.25) is 4.79 Å². The van der Waals surface area contributed by atoms with Gasteiger partial charge in [0.05, 0.1) is 11.2 Å². The van der Waals surface area contributed by atoms with Crippen LogP contribution in [0, 0.1) is 11.3 Å². The van der Waals surface area contributed by atoms with Gasteiger partial charge in [-0.15, -0.1) is 0 Å². The maximum Gasteiger partial charge on any atom is 0.263 e. The van der Waals surface area contributed by atoms with Gasteiger partial charge in [0, 0.05) is 30.6 Å². The quantitative estimate of drug-likeness (QED) is 0.538. The molecule has 0 spiro atoms. The van der Waals surface area contributed by atoms with Gasteiger partial charge in [-0.1, -0.05) is 18.2 Å². The van der Waals surface area contributed by atoms with Gasteiger partial charge in [0.1, 0.15) is 11.8 Å². The van der Waals surface area contributed by atoms with Crippen molar-refractivity contribution in [1.82, 2.24) is 20.6 Å². The van der Waals surface area contributed by atoms with Crippen LogP contribution in [0.2, 0.25) is 0 Å². The number of hydrogen-bond donors (Lipinski definition) is 3. The molecule has 2 aliphatic heterocycles. The second-order valence-corrected chi connectivity index (χ2v) is 8.58. The van der Waals surface area contributed by atoms with E-state index in [4.69, 9.17) is 4.74 Å². The van der Waals surface area contributed by atoms with E-state index >= 15 is 0 Å². The van der Waals surface area contributed by atoms with E-state index in [-0.39, 0.29) is 12.5 Å². The number of anilines is 1. The number of pyridine rings is 2. The van der Waals surface area contributed by atoms with E-state index < -0.39 is 0 Å². The molecule has 1 aromatic carbocycles. The van der Waals surface area contributed by atoms with Crippen LogP contribution in [0.15, 0.2) is 42.5 Å². The third-order valence-corrected chi connectivity index (χ3v) is 6.30. The molecule has 0 aliphatic carbocycles. The molecule has 4 heterocycles. The van der Waals surface area contributed by atoms with Crippen molar-refractivity contribution >= 4 is 22.6 Å². The van der Waals surface area contributed by atoms with Crippen molar-refractivity contribution in [1.29, 1.82) is 5.26 Å². The first-order valence-corrected chi connectivity index (χ1v) is 11.4. The third kappa shape index (κ3) is 4.95. The summed E-state index contributed by atoms with van der Waals surface area (Å²) in [6, 6.07) is 16.7. The van der Waals surface area contributed by atoms with Crippen molar-refractivity contribution in [3.8, 4) is 11.8 Å². The molecule has 0 saturated carbocycles. The second kappa shape index (κ2) is 9.53. The van der Waals surface area contributed by atoms with E-state index in [0.29, 0.717) is 35.9 Å². The molecule has 3 N–H and O–H groups in total. The van der Waals surface area contributed by atoms with Crippen LogP contribution in [0.5, 0.6) is 5.75 Å². The summed E-state index contributed by atoms with van der Waals surface area (Å²) in [5.74, 6) is 0.940. The lowest BCUT2D eigenvalue weighted by Gasteiger charge is -2.30. The molecule has 8 heteroatoms. The zero-order chi connectivity index (χ0) is 22.6. The molecular formula is C25H26N6O2. The fourth-order valence-electron chi connectivity index (χ4n) is 4.49. The minimum absolute atomic E-state index is 0.0408. The third-order valence-electron chi connectivity index (χ3n) is 6.30. The maximum absolute atomic E-state index is 11.5. The van der Waals surface area contributed by atoms with Gasteiger partial charge in [-0.25, -0.2) is 9.97 Å². The van der Waals surface area contributed by atoms with Crippen molar-refractivity contribution in [2.24, 2.45) is 0 Å². The van der Waals surface area contributed by atoms with Crippen molar-refractivity contribution in [2.75, 3.05) is 18.5 Å². The highest BCUT2D eigenvalue weighted by Crippen LogP contribution is 2.25. The van der Waals surface area contributed by atoms with Gasteiger partial charge in [-0.05, 0) is 55.5 Å². The summed E-state index contributed by atoms with van der Waals surface area (Å²) in [6.07, 6.45) is 4.16. The zero-order valence-corrected chi connectivity index (χ0v) is 18.3. The van der Waals surface area contributed by atoms with Gasteiger partial charge in [0.25, 0.3) is 5.91 Å². The van der Waals surface area contributed by atoms with Crippen LogP contribution >= 0.6 is 0 Å². The highest BCUT2D eigenvalue weighted by atomic mass is 16.5. The number of para-hydroxylation sites is 1. The Morgan fingerprint density at radius 1 is 1.15 bits per heavy atom. The van der Waals surface area contributed by atoms with E-state index in [2.05, 4.69) is 44.1 Å². The van der Waals surface area contributed by atoms with Gasteiger partial charge >= 0.3 is 0 Å². The van der Waals surface area contributed by atoms with Crippen molar-refractivity contribution in [3.05, 3.63) is 59.4 Å². The standard InChI is InChI=1S/C25H26N6O2/c26-12-19-7-5-17-3-1-2-16(24(17)29-19)4-6-18-8-9-20(13-27-18)28-14-21-10-11-22-25(30-21)31-23(32)15-33-22/h1-3,5,7,10-11,18,20,27-28H,4,6,8-9,13-15H2,(H,30,31,32)/t18-,20-/m0/s1. The van der Waals surface area contributed by atoms with Crippen LogP contribution in [-0.4, -0.2) is 41.1 Å². The molecule has 168 valence electrons. The molecule has 2 aliphatic rings. The zero-order valence-electron chi connectivity index (χ0n) is 18.3. The minimum Gasteiger partial charge on any atom is -0.480 e. The molecule has 0 bridgehead atoms. The normalized spacial score (nSPS) is 19.9. The molecule has 8 nitrogen and oxygen atoms in total. The lowest BCUT2D eigenvalue weighted by molar-refractivity contribution is -0.118. The Morgan fingerprint density at radius 3 is 2.94 bits per heavy atom. The Morgan fingerprint density at radius 2 is 2.09 bits per heavy atom. The summed E-state index contributed by atoms with van der Waals surface area (Å²) in [5.41, 5.74) is 3.47. The van der Waals surface area contributed by atoms with Crippen LogP contribution in [0.3, 0.4) is 0 Å². The molecule has 1 fully saturated rings. The molecule has 33 heavy (non-hydrogen) atoms. The first-order valence-electron chi connectivity index (χ1n) is 11.4. The fourth-order valence-corrected chi connectivity index (χ4v) is 4.49. The van der Waals surface area contributed by atoms with Gasteiger partial charge < -0.3 is 20.7 Å². The van der Waals surface area contributed by atoms with E-state index in [1.807, 2.05) is 24.3 Å². The molecule has 2 atom stereocenters. The summed E-state index contributed by atoms with van der Waals surface area (Å²) in [4.78, 5) is 20.5. The van der Waals surface area contributed by atoms with E-state index in [0.717, 1.165) is 48.8 Å². The summed E-state index contributed by atoms with van der Waals surface area (Å²) < 4.78 is 5.36. The number of benzene rings is 1. The van der Waals surface area contributed by atoms with E-state index in [1.165, 1.54) is 5.56 Å². The lowest BCUT2D eigenvalue weighted by atomic mass is 9.94. The van der Waals surface area contributed by atoms with Crippen molar-refractivity contribution in [2.45, 2.75) is 44.3 Å². The number of ether oxygens (including phenoxy) is 1. The number of amides is 1. The highest BCUT2D eigenvalue weighted by molar-refractivity contribution is 5.94. The number of aromatic nitrogens is 2. The maximum atomic E-state index is 11.5. The largest absolute Gasteiger partial charge is 0.480 e. The first-order chi connectivity index (χ1) is 16.2. The molecule has 0 radical (unpaired) electrons. The summed E-state index contributed by atoms with van der Waals surface area (Å²) >= 11 is 0. The van der Waals surface area contributed by atoms with Crippen LogP contribution < -0.4 is 20.7 Å². The van der Waals surface area contributed by atoms with Crippen LogP contribution in [-0.2, 0) is 17.8 Å². The number of fused-ring (bicyclic) bond motifs is 2. The molecule has 1 saturated heterocycles. The topological polar surface area (TPSA) is 112 Å². The van der Waals surface area contributed by atoms with Crippen LogP contribution in [0.25, 0.3) is 10.9 Å². The molecular weight excluding hydrogens is 416 g/mol. The number of nitrogens with zero attached hydrogens (tertiary/aromatic N) is 3. The highest BCUT2D eigenvalue weighted by Gasteiger charge is 2.21. The number of rotatable bonds is 6. The van der Waals surface area contributed by atoms with Crippen molar-refractivity contribution in [3.63, 3.8) is 0 Å². The monoisotopic (exact) mass is 442 g/mol. The predicted molar refractivity (Wildman–Crippen MR) is 125 cm³/mol. The first kappa shape index (κ1) is 21.3. The number of hydrogen-bond acceptors (Lipinski definition) is 7. The molecule has 0 unspecified atom stereocenters. The average molecular weight is 443 g/mol. The summed E-state index contributed by atoms with van der Waals surface area (Å²) in [6.45, 7) is 1.59. The van der Waals surface area contributed by atoms with Gasteiger partial charge in [0.2, 0.25) is 0 Å². The number of piperidine rings is 1. The Labute approximate surface area is 192 Å². The average Bonchev–Trinajstić information content (AvgIpc) is 2.86. The second-order valence-electron chi connectivity index (χ2n) is 8.58. The SMILES string of the molecule is N#Cc1ccc2cccc(CC[C@H]3CC[C@H](NCc4ccc5c(n4)NC(=O)CO5)CN3)c2n1. The van der Waals surface area contributed by atoms with Crippen LogP contribution in [0.1, 0.15) is 36.2 Å². The Balaban J connectivity index is 1.11. The Kier molecular flexibility index (Phi) is 6.15. The Hall–Kier alpha value is -3.54. The number of nitriles is 1. The van der Waals surface area contributed by atoms with E-state index in [1.54, 1.807) is 6.07 Å². The van der Waals surface area contributed by atoms with Gasteiger partial charge in [0.15, 0.2) is 18.2 Å². The summed E-state index contributed by atoms with van der Waals surface area (Å²) in [5, 5.41) is 20.2. The Bertz CT molecular complexity index is 1210. The van der Waals surface area contributed by atoms with E-state index in [9.17, 15) is 10.1 Å². The number of nitrogens with one attached hydrogen (secondary N) is 3. The smallest absolute Gasteiger partial charge is 0.263 e. The van der Waals surface area contributed by atoms with Gasteiger partial charge in [-0.2, -0.15) is 5.26 Å². The molecule has 1 amide bonds. The number of carbonyl (C=O) groups is 1. The number of carbonyl (C=O) groups excluding carboxylic acids is 1. The number of aryl methyl sites for hydroxylation is 1. The lowest BCUT2D eigenvalue weighted by Crippen LogP contribution is -2.47. The minimum atomic E-state index is -0.174. The van der Waals surface area contributed by atoms with Crippen molar-refractivity contribution < 1.29 is 9.53 Å². The molecule has 5 rings (SSSR count). The molecule has 3 aromatic rings. The summed E-state index contributed by atoms with van der Waals surface area (Å²) in [7, 11) is 0. The van der Waals surface area contributed by atoms with Crippen LogP contribution in [0.4, 0.5) is 5.82 Å². The fraction of sp³-hybridized carbons (Fsp3) is 0.360. The predicted octanol–water partition coefficient (Wildman–Crippen LogP) is 2.68. The molecule has 2 aromatic heterocycles.